The van der Waals surface area contributed by atoms with Crippen LogP contribution in [0.2, 0.25) is 0 Å². The van der Waals surface area contributed by atoms with E-state index >= 15 is 0 Å². The fraction of sp³-hybridized carbons (Fsp3) is 0.263. The van der Waals surface area contributed by atoms with Gasteiger partial charge in [-0.15, -0.1) is 10.2 Å². The van der Waals surface area contributed by atoms with Crippen molar-refractivity contribution in [1.82, 2.24) is 29.3 Å². The molecule has 0 saturated heterocycles. The molecule has 29 heavy (non-hydrogen) atoms. The number of H-pyrrole nitrogens is 1. The molecule has 5 rings (SSSR count). The lowest BCUT2D eigenvalue weighted by molar-refractivity contribution is 0.546. The zero-order valence-corrected chi connectivity index (χ0v) is 16.1. The fourth-order valence-corrected chi connectivity index (χ4v) is 5.50. The lowest BCUT2D eigenvalue weighted by Crippen LogP contribution is -2.33. The van der Waals surface area contributed by atoms with Crippen LogP contribution >= 0.6 is 0 Å². The monoisotopic (exact) mass is 407 g/mol. The summed E-state index contributed by atoms with van der Waals surface area (Å²) in [7, 11) is -3.78. The quantitative estimate of drug-likeness (QED) is 0.533. The van der Waals surface area contributed by atoms with Crippen LogP contribution < -0.4 is 4.72 Å². The summed E-state index contributed by atoms with van der Waals surface area (Å²) < 4.78 is 30.4. The summed E-state index contributed by atoms with van der Waals surface area (Å²) in [5, 5.41) is 17.8. The molecular weight excluding hydrogens is 390 g/mol. The number of nitrogens with zero attached hydrogens (tertiary/aromatic N) is 5. The molecule has 1 fully saturated rings. The van der Waals surface area contributed by atoms with Gasteiger partial charge in [0.15, 0.2) is 11.3 Å². The zero-order valence-electron chi connectivity index (χ0n) is 15.3. The second-order valence-corrected chi connectivity index (χ2v) is 8.84. The Hall–Kier alpha value is -3.29. The fourth-order valence-electron chi connectivity index (χ4n) is 4.06. The SMILES string of the molecule is N#Cc1ccccc1S(=O)(=O)N[C@H]1CC[C@@H](c2nnc3cnc4[nH]ccc4n23)C1. The number of rotatable bonds is 4. The van der Waals surface area contributed by atoms with Crippen molar-refractivity contribution < 1.29 is 8.42 Å². The molecule has 10 heteroatoms. The molecule has 0 radical (unpaired) electrons. The first-order chi connectivity index (χ1) is 14.1. The molecule has 2 atom stereocenters. The Balaban J connectivity index is 1.42. The Morgan fingerprint density at radius 3 is 2.93 bits per heavy atom. The normalized spacial score (nSPS) is 19.7. The highest BCUT2D eigenvalue weighted by atomic mass is 32.2. The van der Waals surface area contributed by atoms with E-state index in [1.54, 1.807) is 18.3 Å². The molecule has 1 aliphatic carbocycles. The molecule has 0 unspecified atom stereocenters. The second-order valence-electron chi connectivity index (χ2n) is 7.16. The van der Waals surface area contributed by atoms with Gasteiger partial charge < -0.3 is 4.98 Å². The number of hydrogen-bond acceptors (Lipinski definition) is 6. The number of nitriles is 1. The molecular formula is C19H17N7O2S. The highest BCUT2D eigenvalue weighted by Crippen LogP contribution is 2.35. The van der Waals surface area contributed by atoms with E-state index in [-0.39, 0.29) is 22.4 Å². The average molecular weight is 407 g/mol. The summed E-state index contributed by atoms with van der Waals surface area (Å²) in [5.74, 6) is 0.885. The molecule has 1 aromatic carbocycles. The molecule has 0 aliphatic heterocycles. The predicted octanol–water partition coefficient (Wildman–Crippen LogP) is 2.09. The Morgan fingerprint density at radius 2 is 2.07 bits per heavy atom. The van der Waals surface area contributed by atoms with Crippen molar-refractivity contribution in [3.05, 3.63) is 54.1 Å². The van der Waals surface area contributed by atoms with Gasteiger partial charge in [-0.25, -0.2) is 18.1 Å². The van der Waals surface area contributed by atoms with Gasteiger partial charge in [-0.2, -0.15) is 5.26 Å². The molecule has 1 saturated carbocycles. The predicted molar refractivity (Wildman–Crippen MR) is 104 cm³/mol. The summed E-state index contributed by atoms with van der Waals surface area (Å²) in [6.45, 7) is 0. The first-order valence-corrected chi connectivity index (χ1v) is 10.7. The van der Waals surface area contributed by atoms with Crippen molar-refractivity contribution in [1.29, 1.82) is 5.26 Å². The van der Waals surface area contributed by atoms with Crippen molar-refractivity contribution in [2.45, 2.75) is 36.1 Å². The van der Waals surface area contributed by atoms with Crippen LogP contribution in [0.4, 0.5) is 0 Å². The first-order valence-electron chi connectivity index (χ1n) is 9.25. The number of hydrogen-bond donors (Lipinski definition) is 2. The van der Waals surface area contributed by atoms with E-state index in [1.807, 2.05) is 22.7 Å². The molecule has 3 heterocycles. The largest absolute Gasteiger partial charge is 0.345 e. The van der Waals surface area contributed by atoms with Crippen LogP contribution in [-0.2, 0) is 10.0 Å². The Labute approximate surface area is 166 Å². The standard InChI is InChI=1S/C19H17N7O2S/c20-10-13-3-1-2-4-16(13)29(27,28)25-14-6-5-12(9-14)19-24-23-17-11-22-18-15(26(17)19)7-8-21-18/h1-4,7-8,11-12,14,21,25H,5-6,9H2/t12-,14+/m1/s1. The molecule has 9 nitrogen and oxygen atoms in total. The number of fused-ring (bicyclic) bond motifs is 3. The number of aromatic amines is 1. The molecule has 2 N–H and O–H groups in total. The van der Waals surface area contributed by atoms with Gasteiger partial charge in [-0.05, 0) is 37.5 Å². The number of sulfonamides is 1. The van der Waals surface area contributed by atoms with E-state index in [0.717, 1.165) is 23.4 Å². The van der Waals surface area contributed by atoms with Crippen LogP contribution in [0.15, 0.2) is 47.6 Å². The smallest absolute Gasteiger partial charge is 0.242 e. The van der Waals surface area contributed by atoms with E-state index in [0.29, 0.717) is 18.5 Å². The van der Waals surface area contributed by atoms with Gasteiger partial charge in [-0.1, -0.05) is 12.1 Å². The Bertz CT molecular complexity index is 1370. The zero-order chi connectivity index (χ0) is 20.0. The van der Waals surface area contributed by atoms with Gasteiger partial charge in [0, 0.05) is 18.2 Å². The minimum absolute atomic E-state index is 0.0129. The van der Waals surface area contributed by atoms with Crippen LogP contribution in [-0.4, -0.2) is 39.0 Å². The van der Waals surface area contributed by atoms with Crippen molar-refractivity contribution in [3.63, 3.8) is 0 Å². The van der Waals surface area contributed by atoms with Crippen molar-refractivity contribution in [2.24, 2.45) is 0 Å². The van der Waals surface area contributed by atoms with E-state index in [1.165, 1.54) is 12.1 Å². The van der Waals surface area contributed by atoms with Gasteiger partial charge in [0.05, 0.1) is 22.2 Å². The van der Waals surface area contributed by atoms with Gasteiger partial charge in [0.25, 0.3) is 0 Å². The summed E-state index contributed by atoms with van der Waals surface area (Å²) in [6.07, 6.45) is 5.59. The molecule has 1 aliphatic rings. The highest BCUT2D eigenvalue weighted by molar-refractivity contribution is 7.89. The lowest BCUT2D eigenvalue weighted by atomic mass is 10.1. The lowest BCUT2D eigenvalue weighted by Gasteiger charge is -2.14. The maximum Gasteiger partial charge on any atom is 0.242 e. The summed E-state index contributed by atoms with van der Waals surface area (Å²) in [5.41, 5.74) is 2.45. The third kappa shape index (κ3) is 2.95. The third-order valence-corrected chi connectivity index (χ3v) is 6.96. The van der Waals surface area contributed by atoms with Crippen molar-refractivity contribution in [3.8, 4) is 6.07 Å². The van der Waals surface area contributed by atoms with Crippen LogP contribution in [0.25, 0.3) is 16.8 Å². The minimum atomic E-state index is -3.78. The van der Waals surface area contributed by atoms with Crippen LogP contribution in [0.3, 0.4) is 0 Å². The molecule has 0 bridgehead atoms. The van der Waals surface area contributed by atoms with E-state index in [2.05, 4.69) is 24.9 Å². The van der Waals surface area contributed by atoms with Gasteiger partial charge in [0.1, 0.15) is 11.9 Å². The van der Waals surface area contributed by atoms with Crippen LogP contribution in [0.1, 0.15) is 36.6 Å². The summed E-state index contributed by atoms with van der Waals surface area (Å²) >= 11 is 0. The first kappa shape index (κ1) is 17.8. The maximum absolute atomic E-state index is 12.8. The Kier molecular flexibility index (Phi) is 4.08. The minimum Gasteiger partial charge on any atom is -0.345 e. The highest BCUT2D eigenvalue weighted by Gasteiger charge is 2.33. The van der Waals surface area contributed by atoms with E-state index < -0.39 is 10.0 Å². The van der Waals surface area contributed by atoms with Gasteiger partial charge >= 0.3 is 0 Å². The van der Waals surface area contributed by atoms with Gasteiger partial charge in [-0.3, -0.25) is 4.40 Å². The van der Waals surface area contributed by atoms with E-state index in [9.17, 15) is 13.7 Å². The molecule has 3 aromatic heterocycles. The summed E-state index contributed by atoms with van der Waals surface area (Å²) in [6, 6.07) is 9.86. The van der Waals surface area contributed by atoms with Crippen LogP contribution in [0.5, 0.6) is 0 Å². The third-order valence-electron chi connectivity index (χ3n) is 5.38. The van der Waals surface area contributed by atoms with Crippen molar-refractivity contribution >= 4 is 26.8 Å². The average Bonchev–Trinajstić information content (AvgIpc) is 3.45. The number of benzene rings is 1. The topological polar surface area (TPSA) is 129 Å². The van der Waals surface area contributed by atoms with Crippen molar-refractivity contribution in [2.75, 3.05) is 0 Å². The molecule has 0 spiro atoms. The Morgan fingerprint density at radius 1 is 1.21 bits per heavy atom. The molecule has 4 aromatic rings. The summed E-state index contributed by atoms with van der Waals surface area (Å²) in [4.78, 5) is 7.42. The molecule has 146 valence electrons. The number of aromatic nitrogens is 5. The maximum atomic E-state index is 12.8. The second kappa shape index (κ2) is 6.65. The van der Waals surface area contributed by atoms with Gasteiger partial charge in [0.2, 0.25) is 10.0 Å². The number of nitrogens with one attached hydrogen (secondary N) is 2. The molecule has 0 amide bonds. The van der Waals surface area contributed by atoms with E-state index in [4.69, 9.17) is 0 Å². The van der Waals surface area contributed by atoms with Crippen LogP contribution in [0, 0.1) is 11.3 Å².